The molecule has 1 rings (SSSR count). The monoisotopic (exact) mass is 316 g/mol. The molecule has 1 aromatic rings. The van der Waals surface area contributed by atoms with Crippen molar-refractivity contribution in [1.29, 1.82) is 0 Å². The van der Waals surface area contributed by atoms with Gasteiger partial charge in [0.05, 0.1) is 0 Å². The van der Waals surface area contributed by atoms with Crippen LogP contribution in [0.25, 0.3) is 0 Å². The maximum absolute atomic E-state index is 11.6. The fourth-order valence-electron chi connectivity index (χ4n) is 2.57. The Labute approximate surface area is 141 Å². The Bertz CT molecular complexity index is 423. The minimum absolute atomic E-state index is 0.289. The van der Waals surface area contributed by atoms with E-state index in [0.717, 1.165) is 12.8 Å². The average Bonchev–Trinajstić information content (AvgIpc) is 2.57. The van der Waals surface area contributed by atoms with E-state index in [1.165, 1.54) is 57.8 Å². The third-order valence-corrected chi connectivity index (χ3v) is 3.94. The van der Waals surface area contributed by atoms with Gasteiger partial charge in [0.1, 0.15) is 5.75 Å². The highest BCUT2D eigenvalue weighted by Gasteiger charge is 1.98. The number of para-hydroxylation sites is 1. The molecule has 0 radical (unpaired) electrons. The molecule has 0 saturated carbocycles. The van der Waals surface area contributed by atoms with Gasteiger partial charge in [-0.05, 0) is 25.0 Å². The number of hydrogen-bond donors (Lipinski definition) is 0. The van der Waals surface area contributed by atoms with Gasteiger partial charge in [0.2, 0.25) is 0 Å². The zero-order chi connectivity index (χ0) is 16.6. The average molecular weight is 316 g/mol. The van der Waals surface area contributed by atoms with Gasteiger partial charge in [-0.1, -0.05) is 89.0 Å². The number of unbranched alkanes of at least 4 members (excludes halogenated alkanes) is 10. The van der Waals surface area contributed by atoms with Gasteiger partial charge in [0, 0.05) is 6.08 Å². The van der Waals surface area contributed by atoms with Crippen molar-refractivity contribution >= 4 is 5.97 Å². The number of carbonyl (C=O) groups is 1. The van der Waals surface area contributed by atoms with Crippen molar-refractivity contribution in [2.24, 2.45) is 0 Å². The summed E-state index contributed by atoms with van der Waals surface area (Å²) in [5.41, 5.74) is 0. The lowest BCUT2D eigenvalue weighted by Crippen LogP contribution is -2.03. The molecule has 0 atom stereocenters. The van der Waals surface area contributed by atoms with Crippen molar-refractivity contribution in [3.8, 4) is 5.75 Å². The van der Waals surface area contributed by atoms with Gasteiger partial charge >= 0.3 is 5.97 Å². The number of esters is 1. The van der Waals surface area contributed by atoms with Gasteiger partial charge in [-0.25, -0.2) is 4.79 Å². The van der Waals surface area contributed by atoms with Gasteiger partial charge in [-0.3, -0.25) is 0 Å². The Morgan fingerprint density at radius 2 is 1.43 bits per heavy atom. The third-order valence-electron chi connectivity index (χ3n) is 3.94. The molecule has 2 nitrogen and oxygen atoms in total. The summed E-state index contributed by atoms with van der Waals surface area (Å²) in [5.74, 6) is 0.310. The molecule has 0 unspecified atom stereocenters. The number of benzene rings is 1. The van der Waals surface area contributed by atoms with E-state index >= 15 is 0 Å². The Kier molecular flexibility index (Phi) is 11.9. The summed E-state index contributed by atoms with van der Waals surface area (Å²) in [6, 6.07) is 9.19. The van der Waals surface area contributed by atoms with Crippen LogP contribution in [-0.4, -0.2) is 5.97 Å². The van der Waals surface area contributed by atoms with E-state index in [1.807, 2.05) is 24.3 Å². The van der Waals surface area contributed by atoms with Crippen molar-refractivity contribution in [3.63, 3.8) is 0 Å². The summed E-state index contributed by atoms with van der Waals surface area (Å²) in [4.78, 5) is 11.6. The summed E-state index contributed by atoms with van der Waals surface area (Å²) >= 11 is 0. The topological polar surface area (TPSA) is 26.3 Å². The second-order valence-electron chi connectivity index (χ2n) is 6.11. The van der Waals surface area contributed by atoms with Crippen LogP contribution < -0.4 is 4.74 Å². The molecule has 0 spiro atoms. The molecule has 2 heteroatoms. The molecule has 0 fully saturated rings. The second-order valence-corrected chi connectivity index (χ2v) is 6.11. The molecule has 0 aliphatic heterocycles. The summed E-state index contributed by atoms with van der Waals surface area (Å²) in [6.07, 6.45) is 17.8. The molecule has 0 bridgehead atoms. The smallest absolute Gasteiger partial charge is 0.335 e. The summed E-state index contributed by atoms with van der Waals surface area (Å²) < 4.78 is 5.19. The van der Waals surface area contributed by atoms with Gasteiger partial charge in [0.15, 0.2) is 0 Å². The predicted molar refractivity (Wildman–Crippen MR) is 97.7 cm³/mol. The van der Waals surface area contributed by atoms with Crippen LogP contribution >= 0.6 is 0 Å². The molecule has 0 aliphatic rings. The first-order valence-corrected chi connectivity index (χ1v) is 9.26. The van der Waals surface area contributed by atoms with Gasteiger partial charge in [-0.15, -0.1) is 0 Å². The van der Waals surface area contributed by atoms with Crippen LogP contribution in [0.5, 0.6) is 5.75 Å². The molecule has 0 saturated heterocycles. The van der Waals surface area contributed by atoms with Crippen molar-refractivity contribution in [2.45, 2.75) is 77.6 Å². The minimum Gasteiger partial charge on any atom is -0.423 e. The highest BCUT2D eigenvalue weighted by atomic mass is 16.5. The van der Waals surface area contributed by atoms with E-state index < -0.39 is 0 Å². The lowest BCUT2D eigenvalue weighted by Gasteiger charge is -2.01. The van der Waals surface area contributed by atoms with E-state index in [4.69, 9.17) is 4.74 Å². The summed E-state index contributed by atoms with van der Waals surface area (Å²) in [7, 11) is 0. The Morgan fingerprint density at radius 1 is 0.870 bits per heavy atom. The Balaban J connectivity index is 1.91. The predicted octanol–water partition coefficient (Wildman–Crippen LogP) is 6.46. The molecule has 0 aliphatic carbocycles. The molecule has 0 heterocycles. The molecule has 128 valence electrons. The first kappa shape index (κ1) is 19.5. The van der Waals surface area contributed by atoms with E-state index in [1.54, 1.807) is 18.2 Å². The standard InChI is InChI=1S/C21H32O2/c1-2-3-4-5-6-7-8-9-10-11-12-16-19-21(22)23-20-17-14-13-15-18-20/h13-19H,2-12H2,1H3/b19-16+. The Morgan fingerprint density at radius 3 is 2.04 bits per heavy atom. The quantitative estimate of drug-likeness (QED) is 0.181. The van der Waals surface area contributed by atoms with E-state index in [9.17, 15) is 4.79 Å². The van der Waals surface area contributed by atoms with Gasteiger partial charge < -0.3 is 4.74 Å². The van der Waals surface area contributed by atoms with Gasteiger partial charge in [0.25, 0.3) is 0 Å². The lowest BCUT2D eigenvalue weighted by molar-refractivity contribution is -0.129. The van der Waals surface area contributed by atoms with Crippen LogP contribution in [0.15, 0.2) is 42.5 Å². The number of hydrogen-bond acceptors (Lipinski definition) is 2. The van der Waals surface area contributed by atoms with E-state index in [-0.39, 0.29) is 5.97 Å². The lowest BCUT2D eigenvalue weighted by atomic mass is 10.1. The van der Waals surface area contributed by atoms with Crippen molar-refractivity contribution < 1.29 is 9.53 Å². The molecule has 1 aromatic carbocycles. The zero-order valence-corrected chi connectivity index (χ0v) is 14.6. The highest BCUT2D eigenvalue weighted by Crippen LogP contribution is 2.12. The maximum atomic E-state index is 11.6. The molecule has 0 aromatic heterocycles. The first-order chi connectivity index (χ1) is 11.3. The Hall–Kier alpha value is -1.57. The van der Waals surface area contributed by atoms with E-state index in [2.05, 4.69) is 6.92 Å². The van der Waals surface area contributed by atoms with E-state index in [0.29, 0.717) is 5.75 Å². The normalized spacial score (nSPS) is 11.0. The molecule has 0 amide bonds. The number of ether oxygens (including phenoxy) is 1. The number of allylic oxidation sites excluding steroid dienone is 1. The SMILES string of the molecule is CCCCCCCCCCCC/C=C/C(=O)Oc1ccccc1. The first-order valence-electron chi connectivity index (χ1n) is 9.26. The van der Waals surface area contributed by atoms with Crippen molar-refractivity contribution in [3.05, 3.63) is 42.5 Å². The van der Waals surface area contributed by atoms with Crippen molar-refractivity contribution in [1.82, 2.24) is 0 Å². The molecular weight excluding hydrogens is 284 g/mol. The fourth-order valence-corrected chi connectivity index (χ4v) is 2.57. The third kappa shape index (κ3) is 11.6. The zero-order valence-electron chi connectivity index (χ0n) is 14.6. The number of rotatable bonds is 13. The molecular formula is C21H32O2. The summed E-state index contributed by atoms with van der Waals surface area (Å²) in [5, 5.41) is 0. The molecule has 23 heavy (non-hydrogen) atoms. The van der Waals surface area contributed by atoms with Crippen LogP contribution in [0.1, 0.15) is 77.6 Å². The minimum atomic E-state index is -0.289. The highest BCUT2D eigenvalue weighted by molar-refractivity contribution is 5.83. The fraction of sp³-hybridized carbons (Fsp3) is 0.571. The van der Waals surface area contributed by atoms with Crippen LogP contribution in [0.3, 0.4) is 0 Å². The van der Waals surface area contributed by atoms with Crippen LogP contribution in [-0.2, 0) is 4.79 Å². The summed E-state index contributed by atoms with van der Waals surface area (Å²) in [6.45, 7) is 2.26. The van der Waals surface area contributed by atoms with Gasteiger partial charge in [-0.2, -0.15) is 0 Å². The van der Waals surface area contributed by atoms with Crippen LogP contribution in [0.4, 0.5) is 0 Å². The van der Waals surface area contributed by atoms with Crippen molar-refractivity contribution in [2.75, 3.05) is 0 Å². The maximum Gasteiger partial charge on any atom is 0.335 e. The van der Waals surface area contributed by atoms with Crippen LogP contribution in [0, 0.1) is 0 Å². The largest absolute Gasteiger partial charge is 0.423 e. The second kappa shape index (κ2) is 14.0. The molecule has 0 N–H and O–H groups in total. The van der Waals surface area contributed by atoms with Crippen LogP contribution in [0.2, 0.25) is 0 Å². The number of carbonyl (C=O) groups excluding carboxylic acids is 1.